The molecule has 0 saturated heterocycles. The van der Waals surface area contributed by atoms with Crippen molar-refractivity contribution < 1.29 is 4.74 Å². The SMILES string of the molecule is CC1CCNC2=C1N(C)C1=C(N(C)CCO1)N2C. The molecular formula is C13H22N4O. The lowest BCUT2D eigenvalue weighted by atomic mass is 9.98. The maximum absolute atomic E-state index is 5.89. The van der Waals surface area contributed by atoms with Crippen molar-refractivity contribution in [1.82, 2.24) is 20.0 Å². The molecule has 0 aliphatic carbocycles. The van der Waals surface area contributed by atoms with Crippen LogP contribution in [-0.2, 0) is 4.74 Å². The van der Waals surface area contributed by atoms with E-state index in [-0.39, 0.29) is 0 Å². The van der Waals surface area contributed by atoms with Gasteiger partial charge < -0.3 is 24.8 Å². The molecule has 1 atom stereocenters. The molecule has 0 radical (unpaired) electrons. The number of nitrogens with one attached hydrogen (secondary N) is 1. The summed E-state index contributed by atoms with van der Waals surface area (Å²) in [5.74, 6) is 3.94. The van der Waals surface area contributed by atoms with Crippen molar-refractivity contribution in [2.45, 2.75) is 13.3 Å². The van der Waals surface area contributed by atoms with Crippen LogP contribution in [0.5, 0.6) is 0 Å². The highest BCUT2D eigenvalue weighted by Gasteiger charge is 2.37. The molecule has 3 rings (SSSR count). The van der Waals surface area contributed by atoms with Crippen LogP contribution in [0.15, 0.2) is 23.2 Å². The fraction of sp³-hybridized carbons (Fsp3) is 0.692. The summed E-state index contributed by atoms with van der Waals surface area (Å²) in [4.78, 5) is 6.72. The van der Waals surface area contributed by atoms with Gasteiger partial charge in [-0.2, -0.15) is 0 Å². The Labute approximate surface area is 109 Å². The molecule has 0 fully saturated rings. The minimum atomic E-state index is 0.568. The monoisotopic (exact) mass is 250 g/mol. The van der Waals surface area contributed by atoms with E-state index in [2.05, 4.69) is 48.1 Å². The van der Waals surface area contributed by atoms with Crippen molar-refractivity contribution in [3.63, 3.8) is 0 Å². The van der Waals surface area contributed by atoms with Crippen molar-refractivity contribution in [2.24, 2.45) is 5.92 Å². The topological polar surface area (TPSA) is 31.0 Å². The van der Waals surface area contributed by atoms with Crippen LogP contribution in [0.4, 0.5) is 0 Å². The van der Waals surface area contributed by atoms with E-state index in [9.17, 15) is 0 Å². The van der Waals surface area contributed by atoms with Gasteiger partial charge in [0.1, 0.15) is 12.4 Å². The molecule has 1 N–H and O–H groups in total. The Morgan fingerprint density at radius 3 is 2.78 bits per heavy atom. The Kier molecular flexibility index (Phi) is 2.57. The maximum Gasteiger partial charge on any atom is 0.236 e. The maximum atomic E-state index is 5.89. The van der Waals surface area contributed by atoms with E-state index < -0.39 is 0 Å². The first-order chi connectivity index (χ1) is 8.61. The molecule has 5 nitrogen and oxygen atoms in total. The van der Waals surface area contributed by atoms with Crippen LogP contribution in [0.2, 0.25) is 0 Å². The van der Waals surface area contributed by atoms with Crippen molar-refractivity contribution in [3.8, 4) is 0 Å². The first-order valence-corrected chi connectivity index (χ1v) is 6.65. The van der Waals surface area contributed by atoms with Crippen molar-refractivity contribution in [2.75, 3.05) is 40.8 Å². The van der Waals surface area contributed by atoms with E-state index in [4.69, 9.17) is 4.74 Å². The molecule has 3 heterocycles. The normalized spacial score (nSPS) is 27.8. The largest absolute Gasteiger partial charge is 0.474 e. The first-order valence-electron chi connectivity index (χ1n) is 6.65. The van der Waals surface area contributed by atoms with Gasteiger partial charge in [0.15, 0.2) is 5.82 Å². The van der Waals surface area contributed by atoms with E-state index in [0.29, 0.717) is 5.92 Å². The van der Waals surface area contributed by atoms with Gasteiger partial charge >= 0.3 is 0 Å². The van der Waals surface area contributed by atoms with Gasteiger partial charge in [0.05, 0.1) is 12.2 Å². The summed E-state index contributed by atoms with van der Waals surface area (Å²) in [6, 6.07) is 0. The Morgan fingerprint density at radius 2 is 2.00 bits per heavy atom. The van der Waals surface area contributed by atoms with Crippen molar-refractivity contribution in [1.29, 1.82) is 0 Å². The predicted octanol–water partition coefficient (Wildman–Crippen LogP) is 0.751. The number of ether oxygens (including phenoxy) is 1. The zero-order chi connectivity index (χ0) is 12.9. The Morgan fingerprint density at radius 1 is 1.22 bits per heavy atom. The van der Waals surface area contributed by atoms with E-state index >= 15 is 0 Å². The highest BCUT2D eigenvalue weighted by molar-refractivity contribution is 5.30. The molecular weight excluding hydrogens is 228 g/mol. The summed E-state index contributed by atoms with van der Waals surface area (Å²) in [5, 5.41) is 3.53. The van der Waals surface area contributed by atoms with Crippen LogP contribution in [0, 0.1) is 5.92 Å². The second-order valence-electron chi connectivity index (χ2n) is 5.37. The average Bonchev–Trinajstić information content (AvgIpc) is 2.35. The molecule has 3 aliphatic rings. The smallest absolute Gasteiger partial charge is 0.236 e. The third kappa shape index (κ3) is 1.46. The van der Waals surface area contributed by atoms with Gasteiger partial charge in [-0.05, 0) is 6.42 Å². The number of nitrogens with zero attached hydrogens (tertiary/aromatic N) is 3. The predicted molar refractivity (Wildman–Crippen MR) is 69.9 cm³/mol. The van der Waals surface area contributed by atoms with Crippen LogP contribution < -0.4 is 5.32 Å². The lowest BCUT2D eigenvalue weighted by Gasteiger charge is -2.47. The van der Waals surface area contributed by atoms with Gasteiger partial charge in [0, 0.05) is 33.6 Å². The number of hydrogen-bond acceptors (Lipinski definition) is 5. The van der Waals surface area contributed by atoms with Crippen molar-refractivity contribution in [3.05, 3.63) is 23.2 Å². The van der Waals surface area contributed by atoms with Gasteiger partial charge in [-0.1, -0.05) is 6.92 Å². The molecule has 100 valence electrons. The van der Waals surface area contributed by atoms with Gasteiger partial charge in [-0.15, -0.1) is 0 Å². The summed E-state index contributed by atoms with van der Waals surface area (Å²) in [5.41, 5.74) is 1.35. The molecule has 0 aromatic rings. The Balaban J connectivity index is 2.06. The quantitative estimate of drug-likeness (QED) is 0.685. The number of likely N-dealkylation sites (N-methyl/N-ethyl adjacent to an activating group) is 1. The first kappa shape index (κ1) is 11.6. The zero-order valence-electron chi connectivity index (χ0n) is 11.7. The molecule has 18 heavy (non-hydrogen) atoms. The Bertz CT molecular complexity index is 389. The molecule has 0 aromatic carbocycles. The molecule has 1 unspecified atom stereocenters. The minimum Gasteiger partial charge on any atom is -0.474 e. The fourth-order valence-electron chi connectivity index (χ4n) is 3.12. The molecule has 0 saturated carbocycles. The standard InChI is InChI=1S/C13H22N4O/c1-9-5-6-14-11-10(9)16(3)13-12(17(11)4)15(2)7-8-18-13/h9,14H,5-8H2,1-4H3. The van der Waals surface area contributed by atoms with E-state index in [1.807, 2.05) is 0 Å². The van der Waals surface area contributed by atoms with Crippen LogP contribution in [-0.4, -0.2) is 55.5 Å². The number of allylic oxidation sites excluding steroid dienone is 1. The summed E-state index contributed by atoms with van der Waals surface area (Å²) in [6.45, 7) is 5.04. The number of hydrogen-bond donors (Lipinski definition) is 1. The molecule has 3 aliphatic heterocycles. The number of rotatable bonds is 0. The van der Waals surface area contributed by atoms with Crippen molar-refractivity contribution >= 4 is 0 Å². The van der Waals surface area contributed by atoms with Gasteiger partial charge in [0.25, 0.3) is 0 Å². The van der Waals surface area contributed by atoms with E-state index in [1.54, 1.807) is 0 Å². The third-order valence-corrected chi connectivity index (χ3v) is 4.12. The van der Waals surface area contributed by atoms with Crippen LogP contribution in [0.25, 0.3) is 0 Å². The summed E-state index contributed by atoms with van der Waals surface area (Å²) in [7, 11) is 6.36. The average molecular weight is 250 g/mol. The molecule has 0 amide bonds. The highest BCUT2D eigenvalue weighted by Crippen LogP contribution is 2.37. The lowest BCUT2D eigenvalue weighted by Crippen LogP contribution is -2.50. The van der Waals surface area contributed by atoms with Crippen LogP contribution in [0.3, 0.4) is 0 Å². The lowest BCUT2D eigenvalue weighted by molar-refractivity contribution is 0.0462. The second kappa shape index (κ2) is 4.00. The van der Waals surface area contributed by atoms with E-state index in [1.165, 1.54) is 17.9 Å². The highest BCUT2D eigenvalue weighted by atomic mass is 16.5. The third-order valence-electron chi connectivity index (χ3n) is 4.12. The molecule has 5 heteroatoms. The second-order valence-corrected chi connectivity index (χ2v) is 5.37. The van der Waals surface area contributed by atoms with Gasteiger partial charge in [0.2, 0.25) is 5.88 Å². The van der Waals surface area contributed by atoms with Gasteiger partial charge in [-0.25, -0.2) is 0 Å². The summed E-state index contributed by atoms with van der Waals surface area (Å²) >= 11 is 0. The molecule has 0 aromatic heterocycles. The summed E-state index contributed by atoms with van der Waals surface area (Å²) < 4.78 is 5.89. The van der Waals surface area contributed by atoms with Crippen LogP contribution in [0.1, 0.15) is 13.3 Å². The molecule has 0 spiro atoms. The van der Waals surface area contributed by atoms with Crippen LogP contribution >= 0.6 is 0 Å². The zero-order valence-corrected chi connectivity index (χ0v) is 11.7. The minimum absolute atomic E-state index is 0.568. The fourth-order valence-corrected chi connectivity index (χ4v) is 3.12. The Hall–Kier alpha value is -1.52. The molecule has 0 bridgehead atoms. The van der Waals surface area contributed by atoms with E-state index in [0.717, 1.165) is 31.4 Å². The summed E-state index contributed by atoms with van der Waals surface area (Å²) in [6.07, 6.45) is 1.18. The van der Waals surface area contributed by atoms with Gasteiger partial charge in [-0.3, -0.25) is 0 Å².